The first-order valence-corrected chi connectivity index (χ1v) is 11.7. The molecule has 4 atom stereocenters. The summed E-state index contributed by atoms with van der Waals surface area (Å²) >= 11 is 0. The Hall–Kier alpha value is -3.54. The lowest BCUT2D eigenvalue weighted by Gasteiger charge is -2.33. The Morgan fingerprint density at radius 1 is 1.16 bits per heavy atom. The maximum Gasteiger partial charge on any atom is 0.453 e. The highest BCUT2D eigenvalue weighted by Gasteiger charge is 2.56. The van der Waals surface area contributed by atoms with Crippen LogP contribution in [0.2, 0.25) is 0 Å². The van der Waals surface area contributed by atoms with E-state index in [1.54, 1.807) is 24.3 Å². The third-order valence-corrected chi connectivity index (χ3v) is 7.37. The van der Waals surface area contributed by atoms with Gasteiger partial charge in [-0.3, -0.25) is 4.79 Å². The molecule has 8 nitrogen and oxygen atoms in total. The number of carbonyl (C=O) groups is 1. The number of halogens is 4. The van der Waals surface area contributed by atoms with Crippen molar-refractivity contribution in [1.82, 2.24) is 20.2 Å². The Kier molecular flexibility index (Phi) is 6.38. The van der Waals surface area contributed by atoms with Gasteiger partial charge in [-0.25, -0.2) is 4.39 Å². The molecule has 1 saturated carbocycles. The number of benzene rings is 2. The normalized spacial score (nSPS) is 25.5. The summed E-state index contributed by atoms with van der Waals surface area (Å²) in [6.07, 6.45) is -3.17. The molecule has 196 valence electrons. The van der Waals surface area contributed by atoms with E-state index in [1.807, 2.05) is 0 Å². The van der Waals surface area contributed by atoms with Crippen LogP contribution in [-0.4, -0.2) is 52.6 Å². The number of alkyl halides is 3. The fourth-order valence-corrected chi connectivity index (χ4v) is 5.80. The Bertz CT molecular complexity index is 1300. The zero-order valence-corrected chi connectivity index (χ0v) is 20.0. The molecule has 1 aliphatic carbocycles. The molecule has 1 aromatic heterocycles. The van der Waals surface area contributed by atoms with Crippen LogP contribution in [0.5, 0.6) is 5.75 Å². The Labute approximate surface area is 209 Å². The molecule has 1 aliphatic heterocycles. The van der Waals surface area contributed by atoms with Crippen molar-refractivity contribution in [3.05, 3.63) is 65.2 Å². The lowest BCUT2D eigenvalue weighted by Crippen LogP contribution is -2.35. The van der Waals surface area contributed by atoms with Crippen LogP contribution in [-0.2, 0) is 20.4 Å². The van der Waals surface area contributed by atoms with Gasteiger partial charge < -0.3 is 14.2 Å². The molecular weight excluding hydrogens is 496 g/mol. The van der Waals surface area contributed by atoms with Gasteiger partial charge in [0.1, 0.15) is 11.6 Å². The highest BCUT2D eigenvalue weighted by molar-refractivity contribution is 5.74. The van der Waals surface area contributed by atoms with E-state index in [0.29, 0.717) is 35.3 Å². The van der Waals surface area contributed by atoms with Gasteiger partial charge in [-0.2, -0.15) is 17.9 Å². The SMILES string of the molecule is COC(=O)[C@H]1CC[C@@]2(C[C@@H](c3cc(-n4nnnc4C(F)(F)F)ccc3OC)CO2)[C@@H]1c1ccc(F)cc1. The fraction of sp³-hybridized carbons (Fsp3) is 0.440. The van der Waals surface area contributed by atoms with Crippen molar-refractivity contribution in [2.75, 3.05) is 20.8 Å². The van der Waals surface area contributed by atoms with Crippen LogP contribution in [0.25, 0.3) is 5.69 Å². The fourth-order valence-electron chi connectivity index (χ4n) is 5.80. The second-order valence-electron chi connectivity index (χ2n) is 9.31. The van der Waals surface area contributed by atoms with Crippen LogP contribution in [0, 0.1) is 11.7 Å². The van der Waals surface area contributed by atoms with Gasteiger partial charge in [-0.05, 0) is 65.6 Å². The van der Waals surface area contributed by atoms with Gasteiger partial charge in [0.2, 0.25) is 0 Å². The number of nitrogens with zero attached hydrogens (tertiary/aromatic N) is 4. The van der Waals surface area contributed by atoms with Crippen LogP contribution < -0.4 is 4.74 Å². The van der Waals surface area contributed by atoms with E-state index >= 15 is 0 Å². The van der Waals surface area contributed by atoms with E-state index in [1.165, 1.54) is 32.4 Å². The van der Waals surface area contributed by atoms with Gasteiger partial charge >= 0.3 is 12.1 Å². The molecule has 5 rings (SSSR count). The topological polar surface area (TPSA) is 88.4 Å². The van der Waals surface area contributed by atoms with Gasteiger partial charge in [0, 0.05) is 17.4 Å². The number of hydrogen-bond acceptors (Lipinski definition) is 7. The minimum atomic E-state index is -4.74. The maximum atomic E-state index is 13.7. The molecule has 0 radical (unpaired) electrons. The summed E-state index contributed by atoms with van der Waals surface area (Å²) in [5, 5.41) is 9.84. The molecule has 1 spiro atoms. The highest BCUT2D eigenvalue weighted by atomic mass is 19.4. The van der Waals surface area contributed by atoms with Gasteiger partial charge in [-0.1, -0.05) is 12.1 Å². The molecule has 2 aliphatic rings. The Morgan fingerprint density at radius 3 is 2.59 bits per heavy atom. The first-order chi connectivity index (χ1) is 17.7. The molecule has 37 heavy (non-hydrogen) atoms. The maximum absolute atomic E-state index is 13.7. The van der Waals surface area contributed by atoms with Crippen LogP contribution in [0.15, 0.2) is 42.5 Å². The van der Waals surface area contributed by atoms with E-state index in [2.05, 4.69) is 15.5 Å². The first kappa shape index (κ1) is 25.1. The lowest BCUT2D eigenvalue weighted by atomic mass is 9.76. The number of hydrogen-bond donors (Lipinski definition) is 0. The number of carbonyl (C=O) groups excluding carboxylic acids is 1. The van der Waals surface area contributed by atoms with E-state index in [4.69, 9.17) is 14.2 Å². The minimum absolute atomic E-state index is 0.128. The quantitative estimate of drug-likeness (QED) is 0.363. The predicted molar refractivity (Wildman–Crippen MR) is 121 cm³/mol. The summed E-state index contributed by atoms with van der Waals surface area (Å²) in [7, 11) is 2.81. The summed E-state index contributed by atoms with van der Waals surface area (Å²) in [5.74, 6) is -2.61. The Balaban J connectivity index is 1.51. The standard InChI is InChI=1S/C25H24F4N4O4/c1-35-20-8-7-17(33-23(25(27,28)29)30-31-32-33)11-19(20)15-12-24(37-13-15)10-9-18(22(34)36-2)21(24)14-3-5-16(26)6-4-14/h3-8,11,15,18,21H,9-10,12-13H2,1-2H3/t15-,18+,21-,24-/m1/s1. The molecule has 12 heteroatoms. The summed E-state index contributed by atoms with van der Waals surface area (Å²) in [5.41, 5.74) is 0.788. The molecule has 0 bridgehead atoms. The molecule has 2 heterocycles. The number of tetrazole rings is 1. The number of methoxy groups -OCH3 is 2. The molecule has 2 fully saturated rings. The van der Waals surface area contributed by atoms with E-state index in [-0.39, 0.29) is 30.1 Å². The largest absolute Gasteiger partial charge is 0.496 e. The third kappa shape index (κ3) is 4.43. The number of esters is 1. The van der Waals surface area contributed by atoms with Crippen molar-refractivity contribution >= 4 is 5.97 Å². The van der Waals surface area contributed by atoms with Gasteiger partial charge in [0.05, 0.1) is 38.0 Å². The summed E-state index contributed by atoms with van der Waals surface area (Å²) in [6, 6.07) is 10.6. The highest BCUT2D eigenvalue weighted by Crippen LogP contribution is 2.57. The number of aromatic nitrogens is 4. The minimum Gasteiger partial charge on any atom is -0.496 e. The van der Waals surface area contributed by atoms with Gasteiger partial charge in [0.25, 0.3) is 5.82 Å². The second-order valence-corrected chi connectivity index (χ2v) is 9.31. The second kappa shape index (κ2) is 9.40. The van der Waals surface area contributed by atoms with E-state index in [9.17, 15) is 22.4 Å². The Morgan fingerprint density at radius 2 is 1.92 bits per heavy atom. The molecule has 1 saturated heterocycles. The summed E-state index contributed by atoms with van der Waals surface area (Å²) < 4.78 is 71.5. The lowest BCUT2D eigenvalue weighted by molar-refractivity contribution is -0.147. The van der Waals surface area contributed by atoms with Crippen LogP contribution in [0.3, 0.4) is 0 Å². The third-order valence-electron chi connectivity index (χ3n) is 7.37. The molecule has 0 unspecified atom stereocenters. The molecule has 0 amide bonds. The molecule has 0 N–H and O–H groups in total. The van der Waals surface area contributed by atoms with Crippen LogP contribution >= 0.6 is 0 Å². The molecule has 2 aromatic carbocycles. The van der Waals surface area contributed by atoms with Crippen molar-refractivity contribution in [2.24, 2.45) is 5.92 Å². The van der Waals surface area contributed by atoms with E-state index < -0.39 is 29.3 Å². The predicted octanol–water partition coefficient (Wildman–Crippen LogP) is 4.44. The van der Waals surface area contributed by atoms with Crippen molar-refractivity contribution in [2.45, 2.75) is 42.9 Å². The number of rotatable bonds is 5. The van der Waals surface area contributed by atoms with Crippen molar-refractivity contribution in [3.8, 4) is 11.4 Å². The first-order valence-electron chi connectivity index (χ1n) is 11.7. The number of ether oxygens (including phenoxy) is 3. The van der Waals surface area contributed by atoms with Gasteiger partial charge in [0.15, 0.2) is 0 Å². The van der Waals surface area contributed by atoms with Gasteiger partial charge in [-0.15, -0.1) is 5.10 Å². The average molecular weight is 520 g/mol. The van der Waals surface area contributed by atoms with E-state index in [0.717, 1.165) is 5.56 Å². The summed E-state index contributed by atoms with van der Waals surface area (Å²) in [4.78, 5) is 12.7. The monoisotopic (exact) mass is 520 g/mol. The zero-order chi connectivity index (χ0) is 26.4. The van der Waals surface area contributed by atoms with Crippen molar-refractivity contribution < 1.29 is 36.6 Å². The van der Waals surface area contributed by atoms with Crippen LogP contribution in [0.4, 0.5) is 17.6 Å². The summed E-state index contributed by atoms with van der Waals surface area (Å²) in [6.45, 7) is 0.257. The van der Waals surface area contributed by atoms with Crippen LogP contribution in [0.1, 0.15) is 48.0 Å². The van der Waals surface area contributed by atoms with Crippen molar-refractivity contribution in [1.29, 1.82) is 0 Å². The van der Waals surface area contributed by atoms with Crippen molar-refractivity contribution in [3.63, 3.8) is 0 Å². The molecule has 3 aromatic rings. The average Bonchev–Trinajstić information content (AvgIpc) is 3.63. The smallest absolute Gasteiger partial charge is 0.453 e. The molecular formula is C25H24F4N4O4. The zero-order valence-electron chi connectivity index (χ0n) is 20.0.